The molecule has 0 aliphatic rings. The molecule has 0 aliphatic carbocycles. The predicted octanol–water partition coefficient (Wildman–Crippen LogP) is 4.45. The van der Waals surface area contributed by atoms with E-state index in [0.717, 1.165) is 0 Å². The summed E-state index contributed by atoms with van der Waals surface area (Å²) in [5, 5.41) is 13.0. The number of methoxy groups -OCH3 is 3. The van der Waals surface area contributed by atoms with Crippen molar-refractivity contribution in [3.8, 4) is 23.0 Å². The van der Waals surface area contributed by atoms with Crippen molar-refractivity contribution < 1.29 is 24.1 Å². The Morgan fingerprint density at radius 3 is 2.40 bits per heavy atom. The van der Waals surface area contributed by atoms with Gasteiger partial charge in [-0.1, -0.05) is 12.1 Å². The van der Waals surface area contributed by atoms with Crippen molar-refractivity contribution >= 4 is 23.4 Å². The molecule has 3 rings (SSSR count). The van der Waals surface area contributed by atoms with Gasteiger partial charge in [-0.25, -0.2) is 4.98 Å². The van der Waals surface area contributed by atoms with Crippen LogP contribution in [0.1, 0.15) is 15.9 Å². The van der Waals surface area contributed by atoms with Gasteiger partial charge in [0.05, 0.1) is 26.9 Å². The lowest BCUT2D eigenvalue weighted by molar-refractivity contribution is 0.104. The Balaban J connectivity index is 1.82. The van der Waals surface area contributed by atoms with E-state index < -0.39 is 0 Å². The summed E-state index contributed by atoms with van der Waals surface area (Å²) >= 11 is 0. The molecule has 0 amide bonds. The number of ether oxygens (including phenoxy) is 3. The summed E-state index contributed by atoms with van der Waals surface area (Å²) in [6, 6.07) is 13.6. The number of hydrogen-bond acceptors (Lipinski definition) is 7. The van der Waals surface area contributed by atoms with Crippen LogP contribution in [0.4, 0.5) is 11.5 Å². The third-order valence-electron chi connectivity index (χ3n) is 4.35. The Bertz CT molecular complexity index is 1080. The van der Waals surface area contributed by atoms with E-state index in [-0.39, 0.29) is 11.5 Å². The van der Waals surface area contributed by atoms with Crippen LogP contribution in [-0.4, -0.2) is 37.2 Å². The highest BCUT2D eigenvalue weighted by atomic mass is 16.5. The number of aromatic hydroxyl groups is 1. The molecule has 1 heterocycles. The fraction of sp³-hybridized carbons (Fsp3) is 0.130. The largest absolute Gasteiger partial charge is 0.504 e. The van der Waals surface area contributed by atoms with E-state index in [4.69, 9.17) is 14.2 Å². The smallest absolute Gasteiger partial charge is 0.189 e. The Hall–Kier alpha value is -4.00. The molecule has 1 aromatic heterocycles. The Kier molecular flexibility index (Phi) is 6.54. The fourth-order valence-corrected chi connectivity index (χ4v) is 2.83. The zero-order chi connectivity index (χ0) is 21.5. The van der Waals surface area contributed by atoms with E-state index in [9.17, 15) is 9.90 Å². The van der Waals surface area contributed by atoms with E-state index in [1.54, 1.807) is 69.0 Å². The molecule has 0 unspecified atom stereocenters. The van der Waals surface area contributed by atoms with Crippen LogP contribution >= 0.6 is 0 Å². The lowest BCUT2D eigenvalue weighted by atomic mass is 10.1. The SMILES string of the molecule is COc1ccc(/C=C/C(=O)c2cccnc2Nc2ccc(OC)c(OC)c2)cc1O. The van der Waals surface area contributed by atoms with Gasteiger partial charge in [-0.05, 0) is 48.0 Å². The molecular weight excluding hydrogens is 384 g/mol. The molecule has 0 radical (unpaired) electrons. The third kappa shape index (κ3) is 4.70. The molecule has 30 heavy (non-hydrogen) atoms. The summed E-state index contributed by atoms with van der Waals surface area (Å²) in [7, 11) is 4.60. The van der Waals surface area contributed by atoms with Crippen molar-refractivity contribution in [3.63, 3.8) is 0 Å². The number of anilines is 2. The van der Waals surface area contributed by atoms with Gasteiger partial charge in [-0.2, -0.15) is 0 Å². The lowest BCUT2D eigenvalue weighted by Crippen LogP contribution is -2.04. The van der Waals surface area contributed by atoms with Gasteiger partial charge in [0.2, 0.25) is 0 Å². The van der Waals surface area contributed by atoms with Gasteiger partial charge in [0.1, 0.15) is 5.82 Å². The highest BCUT2D eigenvalue weighted by Gasteiger charge is 2.12. The number of nitrogens with one attached hydrogen (secondary N) is 1. The second-order valence-corrected chi connectivity index (χ2v) is 6.22. The standard InChI is InChI=1S/C23H22N2O5/c1-28-20-10-7-15(13-19(20)27)6-9-18(26)17-5-4-12-24-23(17)25-16-8-11-21(29-2)22(14-16)30-3/h4-14,27H,1-3H3,(H,24,25)/b9-6+. The van der Waals surface area contributed by atoms with Crippen LogP contribution in [0.5, 0.6) is 23.0 Å². The van der Waals surface area contributed by atoms with Gasteiger partial charge in [0.15, 0.2) is 28.8 Å². The topological polar surface area (TPSA) is 89.9 Å². The first-order valence-corrected chi connectivity index (χ1v) is 9.09. The lowest BCUT2D eigenvalue weighted by Gasteiger charge is -2.12. The quantitative estimate of drug-likeness (QED) is 0.422. The molecule has 7 nitrogen and oxygen atoms in total. The average Bonchev–Trinajstić information content (AvgIpc) is 2.77. The van der Waals surface area contributed by atoms with E-state index in [2.05, 4.69) is 10.3 Å². The van der Waals surface area contributed by atoms with Crippen LogP contribution in [0.2, 0.25) is 0 Å². The molecule has 7 heteroatoms. The van der Waals surface area contributed by atoms with E-state index >= 15 is 0 Å². The average molecular weight is 406 g/mol. The molecule has 0 saturated carbocycles. The van der Waals surface area contributed by atoms with Crippen LogP contribution in [0.3, 0.4) is 0 Å². The molecule has 0 fully saturated rings. The fourth-order valence-electron chi connectivity index (χ4n) is 2.83. The van der Waals surface area contributed by atoms with Crippen LogP contribution in [-0.2, 0) is 0 Å². The van der Waals surface area contributed by atoms with Crippen molar-refractivity contribution in [2.24, 2.45) is 0 Å². The molecule has 0 aliphatic heterocycles. The Labute approximate surface area is 174 Å². The molecule has 0 atom stereocenters. The van der Waals surface area contributed by atoms with Gasteiger partial charge in [0, 0.05) is 18.0 Å². The molecular formula is C23H22N2O5. The summed E-state index contributed by atoms with van der Waals surface area (Å²) in [5.41, 5.74) is 1.77. The number of phenolic OH excluding ortho intramolecular Hbond substituents is 1. The number of pyridine rings is 1. The van der Waals surface area contributed by atoms with Gasteiger partial charge < -0.3 is 24.6 Å². The predicted molar refractivity (Wildman–Crippen MR) is 115 cm³/mol. The van der Waals surface area contributed by atoms with Crippen molar-refractivity contribution in [3.05, 3.63) is 71.9 Å². The first-order chi connectivity index (χ1) is 14.5. The number of aromatic nitrogens is 1. The number of carbonyl (C=O) groups is 1. The Morgan fingerprint density at radius 2 is 1.70 bits per heavy atom. The van der Waals surface area contributed by atoms with Crippen molar-refractivity contribution in [2.45, 2.75) is 0 Å². The van der Waals surface area contributed by atoms with E-state index in [1.165, 1.54) is 19.3 Å². The second-order valence-electron chi connectivity index (χ2n) is 6.22. The zero-order valence-corrected chi connectivity index (χ0v) is 16.9. The van der Waals surface area contributed by atoms with E-state index in [0.29, 0.717) is 39.9 Å². The molecule has 154 valence electrons. The minimum absolute atomic E-state index is 0.00397. The molecule has 3 aromatic rings. The minimum atomic E-state index is -0.235. The van der Waals surface area contributed by atoms with Gasteiger partial charge in [0.25, 0.3) is 0 Å². The maximum Gasteiger partial charge on any atom is 0.189 e. The number of ketones is 1. The van der Waals surface area contributed by atoms with Crippen LogP contribution in [0.15, 0.2) is 60.8 Å². The van der Waals surface area contributed by atoms with Gasteiger partial charge in [-0.3, -0.25) is 4.79 Å². The van der Waals surface area contributed by atoms with Crippen molar-refractivity contribution in [1.82, 2.24) is 4.98 Å². The van der Waals surface area contributed by atoms with Crippen molar-refractivity contribution in [2.75, 3.05) is 26.6 Å². The summed E-state index contributed by atoms with van der Waals surface area (Å²) < 4.78 is 15.6. The third-order valence-corrected chi connectivity index (χ3v) is 4.35. The molecule has 0 bridgehead atoms. The molecule has 2 N–H and O–H groups in total. The number of nitrogens with zero attached hydrogens (tertiary/aromatic N) is 1. The van der Waals surface area contributed by atoms with Gasteiger partial charge >= 0.3 is 0 Å². The highest BCUT2D eigenvalue weighted by molar-refractivity contribution is 6.10. The molecule has 0 saturated heterocycles. The second kappa shape index (κ2) is 9.47. The number of hydrogen-bond donors (Lipinski definition) is 2. The monoisotopic (exact) mass is 406 g/mol. The minimum Gasteiger partial charge on any atom is -0.504 e. The van der Waals surface area contributed by atoms with Crippen LogP contribution in [0, 0.1) is 0 Å². The van der Waals surface area contributed by atoms with Crippen molar-refractivity contribution in [1.29, 1.82) is 0 Å². The first-order valence-electron chi connectivity index (χ1n) is 9.09. The zero-order valence-electron chi connectivity index (χ0n) is 16.9. The number of benzene rings is 2. The molecule has 2 aromatic carbocycles. The number of phenols is 1. The number of allylic oxidation sites excluding steroid dienone is 1. The summed E-state index contributed by atoms with van der Waals surface area (Å²) in [4.78, 5) is 17.1. The van der Waals surface area contributed by atoms with Gasteiger partial charge in [-0.15, -0.1) is 0 Å². The maximum absolute atomic E-state index is 12.8. The van der Waals surface area contributed by atoms with E-state index in [1.807, 2.05) is 0 Å². The number of carbonyl (C=O) groups excluding carboxylic acids is 1. The highest BCUT2D eigenvalue weighted by Crippen LogP contribution is 2.31. The van der Waals surface area contributed by atoms with Crippen LogP contribution in [0.25, 0.3) is 6.08 Å². The summed E-state index contributed by atoms with van der Waals surface area (Å²) in [6.45, 7) is 0. The maximum atomic E-state index is 12.8. The number of rotatable bonds is 8. The van der Waals surface area contributed by atoms with Crippen LogP contribution < -0.4 is 19.5 Å². The summed E-state index contributed by atoms with van der Waals surface area (Å²) in [5.74, 6) is 1.71. The summed E-state index contributed by atoms with van der Waals surface area (Å²) in [6.07, 6.45) is 4.65. The first kappa shape index (κ1) is 20.7. The Morgan fingerprint density at radius 1 is 0.967 bits per heavy atom. The molecule has 0 spiro atoms. The normalized spacial score (nSPS) is 10.6.